The van der Waals surface area contributed by atoms with Gasteiger partial charge < -0.3 is 15.0 Å². The number of carbonyl (C=O) groups excluding carboxylic acids is 2. The third-order valence-corrected chi connectivity index (χ3v) is 5.63. The molecule has 1 aliphatic heterocycles. The lowest BCUT2D eigenvalue weighted by Crippen LogP contribution is -2.61. The molecule has 0 bridgehead atoms. The van der Waals surface area contributed by atoms with Crippen molar-refractivity contribution in [2.24, 2.45) is 5.92 Å². The van der Waals surface area contributed by atoms with Crippen LogP contribution in [0.2, 0.25) is 0 Å². The van der Waals surface area contributed by atoms with Crippen molar-refractivity contribution in [3.63, 3.8) is 0 Å². The lowest BCUT2D eigenvalue weighted by atomic mass is 9.81. The summed E-state index contributed by atoms with van der Waals surface area (Å²) >= 11 is 1.69. The Hall–Kier alpha value is -1.53. The first-order chi connectivity index (χ1) is 12.4. The van der Waals surface area contributed by atoms with Crippen molar-refractivity contribution in [3.8, 4) is 0 Å². The maximum absolute atomic E-state index is 13.0. The van der Waals surface area contributed by atoms with Gasteiger partial charge in [-0.2, -0.15) is 0 Å². The Bertz CT molecular complexity index is 618. The monoisotopic (exact) mass is 378 g/mol. The van der Waals surface area contributed by atoms with E-state index in [9.17, 15) is 9.59 Å². The first-order valence-corrected chi connectivity index (χ1v) is 10.5. The zero-order valence-corrected chi connectivity index (χ0v) is 17.0. The zero-order chi connectivity index (χ0) is 19.2. The maximum atomic E-state index is 13.0. The van der Waals surface area contributed by atoms with E-state index >= 15 is 0 Å². The van der Waals surface area contributed by atoms with E-state index in [0.29, 0.717) is 32.5 Å². The number of piperazine rings is 1. The topological polar surface area (TPSA) is 58.6 Å². The van der Waals surface area contributed by atoms with Gasteiger partial charge in [-0.25, -0.2) is 0 Å². The fourth-order valence-corrected chi connectivity index (χ4v) is 3.91. The molecule has 5 nitrogen and oxygen atoms in total. The van der Waals surface area contributed by atoms with E-state index < -0.39 is 5.54 Å². The second-order valence-corrected chi connectivity index (χ2v) is 7.77. The van der Waals surface area contributed by atoms with E-state index in [2.05, 4.69) is 29.6 Å². The first kappa shape index (κ1) is 20.8. The van der Waals surface area contributed by atoms with E-state index in [1.165, 1.54) is 4.90 Å². The van der Waals surface area contributed by atoms with Crippen LogP contribution in [0, 0.1) is 5.92 Å². The number of amides is 1. The summed E-state index contributed by atoms with van der Waals surface area (Å²) in [5.41, 5.74) is 0.546. The van der Waals surface area contributed by atoms with Gasteiger partial charge in [0, 0.05) is 36.9 Å². The lowest BCUT2D eigenvalue weighted by Gasteiger charge is -2.48. The van der Waals surface area contributed by atoms with Crippen molar-refractivity contribution in [3.05, 3.63) is 29.8 Å². The highest BCUT2D eigenvalue weighted by molar-refractivity contribution is 7.98. The number of esters is 1. The van der Waals surface area contributed by atoms with Gasteiger partial charge in [0.05, 0.1) is 12.1 Å². The summed E-state index contributed by atoms with van der Waals surface area (Å²) < 4.78 is 5.13. The van der Waals surface area contributed by atoms with Crippen LogP contribution in [0.15, 0.2) is 29.2 Å². The minimum atomic E-state index is -0.525. The standard InChI is InChI=1S/C20H30N2O3S/c1-5-25-18(23)10-11-20(16-6-8-17(26-4)9-7-16)14-21-12-13-22(20)19(24)15(2)3/h6-9,15,21H,5,10-14H2,1-4H3. The van der Waals surface area contributed by atoms with Gasteiger partial charge in [0.25, 0.3) is 0 Å². The molecule has 2 rings (SSSR count). The largest absolute Gasteiger partial charge is 0.466 e. The van der Waals surface area contributed by atoms with E-state index in [-0.39, 0.29) is 17.8 Å². The number of ether oxygens (including phenoxy) is 1. The predicted molar refractivity (Wildman–Crippen MR) is 105 cm³/mol. The highest BCUT2D eigenvalue weighted by Crippen LogP contribution is 2.36. The molecule has 0 aliphatic carbocycles. The molecule has 1 fully saturated rings. The van der Waals surface area contributed by atoms with Gasteiger partial charge in [0.2, 0.25) is 5.91 Å². The van der Waals surface area contributed by atoms with Crippen LogP contribution >= 0.6 is 11.8 Å². The van der Waals surface area contributed by atoms with Crippen LogP contribution in [-0.4, -0.2) is 49.3 Å². The molecular formula is C20H30N2O3S. The first-order valence-electron chi connectivity index (χ1n) is 9.27. The Balaban J connectivity index is 2.40. The quantitative estimate of drug-likeness (QED) is 0.584. The fraction of sp³-hybridized carbons (Fsp3) is 0.600. The molecule has 26 heavy (non-hydrogen) atoms. The van der Waals surface area contributed by atoms with Crippen LogP contribution in [0.25, 0.3) is 0 Å². The average Bonchev–Trinajstić information content (AvgIpc) is 2.66. The summed E-state index contributed by atoms with van der Waals surface area (Å²) in [6.45, 7) is 8.09. The molecule has 1 heterocycles. The third kappa shape index (κ3) is 4.60. The highest BCUT2D eigenvalue weighted by atomic mass is 32.2. The van der Waals surface area contributed by atoms with Gasteiger partial charge >= 0.3 is 5.97 Å². The summed E-state index contributed by atoms with van der Waals surface area (Å²) in [4.78, 5) is 28.1. The Labute approximate surface area is 160 Å². The molecule has 0 saturated carbocycles. The summed E-state index contributed by atoms with van der Waals surface area (Å²) in [6.07, 6.45) is 2.89. The van der Waals surface area contributed by atoms with E-state index in [0.717, 1.165) is 12.1 Å². The Kier molecular flexibility index (Phi) is 7.53. The molecule has 1 amide bonds. The molecule has 0 spiro atoms. The Morgan fingerprint density at radius 3 is 2.58 bits per heavy atom. The molecule has 1 aromatic rings. The number of nitrogens with one attached hydrogen (secondary N) is 1. The van der Waals surface area contributed by atoms with Gasteiger partial charge in [-0.15, -0.1) is 11.8 Å². The fourth-order valence-electron chi connectivity index (χ4n) is 3.50. The SMILES string of the molecule is CCOC(=O)CCC1(c2ccc(SC)cc2)CNCCN1C(=O)C(C)C. The van der Waals surface area contributed by atoms with Crippen molar-refractivity contribution < 1.29 is 14.3 Å². The number of hydrogen-bond acceptors (Lipinski definition) is 5. The summed E-state index contributed by atoms with van der Waals surface area (Å²) in [5, 5.41) is 3.43. The van der Waals surface area contributed by atoms with Crippen molar-refractivity contribution in [1.82, 2.24) is 10.2 Å². The van der Waals surface area contributed by atoms with E-state index in [1.807, 2.05) is 31.9 Å². The number of rotatable bonds is 7. The molecule has 1 aliphatic rings. The number of thioether (sulfide) groups is 1. The van der Waals surface area contributed by atoms with Gasteiger partial charge in [-0.05, 0) is 37.3 Å². The number of carbonyl (C=O) groups is 2. The van der Waals surface area contributed by atoms with Crippen molar-refractivity contribution in [1.29, 1.82) is 0 Å². The van der Waals surface area contributed by atoms with Gasteiger partial charge in [-0.1, -0.05) is 26.0 Å². The Morgan fingerprint density at radius 1 is 1.31 bits per heavy atom. The number of benzene rings is 1. The molecule has 1 unspecified atom stereocenters. The van der Waals surface area contributed by atoms with Crippen LogP contribution in [0.3, 0.4) is 0 Å². The van der Waals surface area contributed by atoms with E-state index in [1.54, 1.807) is 11.8 Å². The molecule has 0 aromatic heterocycles. The molecule has 1 N–H and O–H groups in total. The third-order valence-electron chi connectivity index (χ3n) is 4.88. The summed E-state index contributed by atoms with van der Waals surface area (Å²) in [5.74, 6) is -0.167. The van der Waals surface area contributed by atoms with Crippen LogP contribution in [0.5, 0.6) is 0 Å². The number of nitrogens with zero attached hydrogens (tertiary/aromatic N) is 1. The zero-order valence-electron chi connectivity index (χ0n) is 16.2. The van der Waals surface area contributed by atoms with Crippen LogP contribution in [0.1, 0.15) is 39.2 Å². The summed E-state index contributed by atoms with van der Waals surface area (Å²) in [6, 6.07) is 8.34. The molecule has 0 radical (unpaired) electrons. The molecule has 1 saturated heterocycles. The molecule has 6 heteroatoms. The normalized spacial score (nSPS) is 20.3. The number of hydrogen-bond donors (Lipinski definition) is 1. The molecule has 1 atom stereocenters. The van der Waals surface area contributed by atoms with Gasteiger partial charge in [0.1, 0.15) is 0 Å². The lowest BCUT2D eigenvalue weighted by molar-refractivity contribution is -0.149. The minimum absolute atomic E-state index is 0.0828. The summed E-state index contributed by atoms with van der Waals surface area (Å²) in [7, 11) is 0. The minimum Gasteiger partial charge on any atom is -0.466 e. The van der Waals surface area contributed by atoms with Crippen molar-refractivity contribution in [2.45, 2.75) is 44.0 Å². The van der Waals surface area contributed by atoms with Crippen LogP contribution in [0.4, 0.5) is 0 Å². The van der Waals surface area contributed by atoms with Gasteiger partial charge in [-0.3, -0.25) is 9.59 Å². The molecular weight excluding hydrogens is 348 g/mol. The van der Waals surface area contributed by atoms with Crippen molar-refractivity contribution in [2.75, 3.05) is 32.5 Å². The predicted octanol–water partition coefficient (Wildman–Crippen LogP) is 3.03. The maximum Gasteiger partial charge on any atom is 0.305 e. The second-order valence-electron chi connectivity index (χ2n) is 6.89. The van der Waals surface area contributed by atoms with Crippen molar-refractivity contribution >= 4 is 23.6 Å². The molecule has 144 valence electrons. The highest BCUT2D eigenvalue weighted by Gasteiger charge is 2.43. The second kappa shape index (κ2) is 9.42. The van der Waals surface area contributed by atoms with Crippen LogP contribution < -0.4 is 5.32 Å². The van der Waals surface area contributed by atoms with Gasteiger partial charge in [0.15, 0.2) is 0 Å². The van der Waals surface area contributed by atoms with E-state index in [4.69, 9.17) is 4.74 Å². The van der Waals surface area contributed by atoms with Crippen LogP contribution in [-0.2, 0) is 19.9 Å². The smallest absolute Gasteiger partial charge is 0.305 e. The average molecular weight is 379 g/mol. The molecule has 1 aromatic carbocycles. The Morgan fingerprint density at radius 2 is 2.00 bits per heavy atom.